The van der Waals surface area contributed by atoms with Gasteiger partial charge in [-0.25, -0.2) is 14.8 Å². The summed E-state index contributed by atoms with van der Waals surface area (Å²) in [4.78, 5) is 23.6. The second-order valence-corrected chi connectivity index (χ2v) is 6.81. The fourth-order valence-electron chi connectivity index (χ4n) is 3.21. The summed E-state index contributed by atoms with van der Waals surface area (Å²) < 4.78 is 5.20. The van der Waals surface area contributed by atoms with Gasteiger partial charge in [0.05, 0.1) is 31.1 Å². The molecular formula is C20H26N6O3. The Labute approximate surface area is 169 Å². The zero-order valence-electron chi connectivity index (χ0n) is 17.0. The van der Waals surface area contributed by atoms with E-state index in [-0.39, 0.29) is 24.2 Å². The Morgan fingerprint density at radius 2 is 2.03 bits per heavy atom. The number of methoxy groups -OCH3 is 1. The molecule has 0 radical (unpaired) electrons. The summed E-state index contributed by atoms with van der Waals surface area (Å²) in [5.74, 6) is 1.28. The van der Waals surface area contributed by atoms with Gasteiger partial charge in [0.25, 0.3) is 0 Å². The first kappa shape index (κ1) is 20.2. The van der Waals surface area contributed by atoms with Gasteiger partial charge in [-0.3, -0.25) is 4.90 Å². The van der Waals surface area contributed by atoms with Crippen LogP contribution in [0.1, 0.15) is 13.8 Å². The molecule has 1 aliphatic rings. The number of rotatable bonds is 6. The summed E-state index contributed by atoms with van der Waals surface area (Å²) in [6, 6.07) is 9.43. The van der Waals surface area contributed by atoms with Gasteiger partial charge in [0, 0.05) is 25.3 Å². The Balaban J connectivity index is 1.87. The van der Waals surface area contributed by atoms with Crippen molar-refractivity contribution in [2.75, 3.05) is 48.1 Å². The summed E-state index contributed by atoms with van der Waals surface area (Å²) in [7, 11) is 3.63. The van der Waals surface area contributed by atoms with E-state index in [1.54, 1.807) is 20.1 Å². The van der Waals surface area contributed by atoms with Crippen LogP contribution < -0.4 is 25.6 Å². The van der Waals surface area contributed by atoms with Gasteiger partial charge in [-0.05, 0) is 38.1 Å². The molecule has 4 N–H and O–H groups in total. The van der Waals surface area contributed by atoms with Crippen molar-refractivity contribution in [1.29, 1.82) is 0 Å². The molecule has 1 atom stereocenters. The number of nitrogens with two attached hydrogens (primary N) is 1. The van der Waals surface area contributed by atoms with E-state index in [9.17, 15) is 9.90 Å². The number of benzene rings is 1. The highest BCUT2D eigenvalue weighted by molar-refractivity contribution is 6.03. The molecular weight excluding hydrogens is 372 g/mol. The SMILES string of the molecule is CCN(C(=O)O)c1cc2c(c(N)n1)N=C(CN(C)c1ccc(OC)cc1)[C@@H](C)N2. The maximum Gasteiger partial charge on any atom is 0.413 e. The third kappa shape index (κ3) is 4.18. The third-order valence-electron chi connectivity index (χ3n) is 4.87. The van der Waals surface area contributed by atoms with Crippen molar-refractivity contribution in [3.05, 3.63) is 30.3 Å². The van der Waals surface area contributed by atoms with Crippen LogP contribution in [-0.2, 0) is 0 Å². The fourth-order valence-corrected chi connectivity index (χ4v) is 3.21. The molecule has 1 aliphatic heterocycles. The maximum absolute atomic E-state index is 11.4. The normalized spacial score (nSPS) is 15.0. The molecule has 1 amide bonds. The lowest BCUT2D eigenvalue weighted by atomic mass is 10.1. The number of ether oxygens (including phenoxy) is 1. The second-order valence-electron chi connectivity index (χ2n) is 6.81. The molecule has 2 heterocycles. The standard InChI is InChI=1S/C20H26N6O3/c1-5-26(20(27)28)17-10-15-18(19(21)24-17)23-16(12(2)22-15)11-25(3)13-6-8-14(29-4)9-7-13/h6-10,12,22H,5,11H2,1-4H3,(H2,21,24)(H,27,28)/t12-/m1/s1. The lowest BCUT2D eigenvalue weighted by molar-refractivity contribution is 0.202. The molecule has 0 bridgehead atoms. The molecule has 154 valence electrons. The Morgan fingerprint density at radius 3 is 2.62 bits per heavy atom. The number of nitrogen functional groups attached to an aromatic ring is 1. The first-order chi connectivity index (χ1) is 13.8. The highest BCUT2D eigenvalue weighted by atomic mass is 16.5. The van der Waals surface area contributed by atoms with Crippen LogP contribution >= 0.6 is 0 Å². The van der Waals surface area contributed by atoms with Crippen molar-refractivity contribution >= 4 is 40.5 Å². The molecule has 0 fully saturated rings. The van der Waals surface area contributed by atoms with Gasteiger partial charge in [-0.2, -0.15) is 0 Å². The summed E-state index contributed by atoms with van der Waals surface area (Å²) in [6.45, 7) is 4.62. The molecule has 0 saturated heterocycles. The second kappa shape index (κ2) is 8.26. The number of aromatic nitrogens is 1. The van der Waals surface area contributed by atoms with E-state index in [2.05, 4.69) is 15.2 Å². The minimum atomic E-state index is -1.08. The number of anilines is 4. The van der Waals surface area contributed by atoms with Crippen LogP contribution in [0.15, 0.2) is 35.3 Å². The van der Waals surface area contributed by atoms with E-state index in [1.807, 2.05) is 38.2 Å². The van der Waals surface area contributed by atoms with E-state index < -0.39 is 6.09 Å². The predicted octanol–water partition coefficient (Wildman–Crippen LogP) is 3.20. The Kier molecular flexibility index (Phi) is 5.76. The number of carboxylic acid groups (broad SMARTS) is 1. The van der Waals surface area contributed by atoms with Crippen LogP contribution in [0.25, 0.3) is 0 Å². The lowest BCUT2D eigenvalue weighted by Gasteiger charge is -2.29. The van der Waals surface area contributed by atoms with Crippen molar-refractivity contribution in [1.82, 2.24) is 4.98 Å². The Morgan fingerprint density at radius 1 is 1.34 bits per heavy atom. The summed E-state index contributed by atoms with van der Waals surface area (Å²) in [5.41, 5.74) is 9.26. The van der Waals surface area contributed by atoms with E-state index in [1.165, 1.54) is 0 Å². The molecule has 9 heteroatoms. The number of carbonyl (C=O) groups is 1. The number of pyridine rings is 1. The molecule has 9 nitrogen and oxygen atoms in total. The zero-order chi connectivity index (χ0) is 21.1. The van der Waals surface area contributed by atoms with Gasteiger partial charge in [0.1, 0.15) is 17.3 Å². The van der Waals surface area contributed by atoms with E-state index in [4.69, 9.17) is 15.5 Å². The summed E-state index contributed by atoms with van der Waals surface area (Å²) >= 11 is 0. The number of amides is 1. The molecule has 0 spiro atoms. The van der Waals surface area contributed by atoms with Crippen molar-refractivity contribution in [2.45, 2.75) is 19.9 Å². The Bertz CT molecular complexity index is 929. The topological polar surface area (TPSA) is 116 Å². The van der Waals surface area contributed by atoms with Crippen molar-refractivity contribution < 1.29 is 14.6 Å². The van der Waals surface area contributed by atoms with Crippen LogP contribution in [0.2, 0.25) is 0 Å². The highest BCUT2D eigenvalue weighted by Crippen LogP contribution is 2.37. The van der Waals surface area contributed by atoms with E-state index in [0.29, 0.717) is 17.9 Å². The highest BCUT2D eigenvalue weighted by Gasteiger charge is 2.25. The van der Waals surface area contributed by atoms with Crippen LogP contribution in [0, 0.1) is 0 Å². The summed E-state index contributed by atoms with van der Waals surface area (Å²) in [5, 5.41) is 12.7. The number of aliphatic imine (C=N–C) groups is 1. The van der Waals surface area contributed by atoms with Crippen molar-refractivity contribution in [3.8, 4) is 5.75 Å². The average molecular weight is 398 g/mol. The smallest absolute Gasteiger partial charge is 0.413 e. The van der Waals surface area contributed by atoms with Crippen molar-refractivity contribution in [3.63, 3.8) is 0 Å². The largest absolute Gasteiger partial charge is 0.497 e. The molecule has 1 aromatic heterocycles. The molecule has 29 heavy (non-hydrogen) atoms. The Hall–Kier alpha value is -3.49. The molecule has 0 saturated carbocycles. The van der Waals surface area contributed by atoms with Crippen LogP contribution in [0.5, 0.6) is 5.75 Å². The van der Waals surface area contributed by atoms with Crippen LogP contribution in [0.3, 0.4) is 0 Å². The zero-order valence-corrected chi connectivity index (χ0v) is 17.0. The first-order valence-corrected chi connectivity index (χ1v) is 9.34. The van der Waals surface area contributed by atoms with Crippen LogP contribution in [-0.4, -0.2) is 55.2 Å². The first-order valence-electron chi connectivity index (χ1n) is 9.34. The molecule has 0 unspecified atom stereocenters. The fraction of sp³-hybridized carbons (Fsp3) is 0.350. The third-order valence-corrected chi connectivity index (χ3v) is 4.87. The number of hydrogen-bond donors (Lipinski definition) is 3. The lowest BCUT2D eigenvalue weighted by Crippen LogP contribution is -2.38. The molecule has 2 aromatic rings. The van der Waals surface area contributed by atoms with E-state index in [0.717, 1.165) is 22.0 Å². The van der Waals surface area contributed by atoms with Crippen LogP contribution in [0.4, 0.5) is 33.5 Å². The summed E-state index contributed by atoms with van der Waals surface area (Å²) in [6.07, 6.45) is -1.08. The van der Waals surface area contributed by atoms with Gasteiger partial charge in [-0.1, -0.05) is 0 Å². The number of nitrogens with zero attached hydrogens (tertiary/aromatic N) is 4. The predicted molar refractivity (Wildman–Crippen MR) is 116 cm³/mol. The molecule has 0 aliphatic carbocycles. The van der Waals surface area contributed by atoms with Crippen molar-refractivity contribution in [2.24, 2.45) is 4.99 Å². The quantitative estimate of drug-likeness (QED) is 0.684. The average Bonchev–Trinajstić information content (AvgIpc) is 2.69. The number of nitrogens with one attached hydrogen (secondary N) is 1. The molecule has 1 aromatic carbocycles. The number of fused-ring (bicyclic) bond motifs is 1. The number of hydrogen-bond acceptors (Lipinski definition) is 7. The van der Waals surface area contributed by atoms with Gasteiger partial charge in [0.15, 0.2) is 5.82 Å². The van der Waals surface area contributed by atoms with Gasteiger partial charge in [-0.15, -0.1) is 0 Å². The van der Waals surface area contributed by atoms with Gasteiger partial charge in [0.2, 0.25) is 0 Å². The van der Waals surface area contributed by atoms with Gasteiger partial charge >= 0.3 is 6.09 Å². The maximum atomic E-state index is 11.4. The van der Waals surface area contributed by atoms with Gasteiger partial charge < -0.3 is 25.8 Å². The monoisotopic (exact) mass is 398 g/mol. The molecule has 3 rings (SSSR count). The minimum absolute atomic E-state index is 0.0437. The van der Waals surface area contributed by atoms with E-state index >= 15 is 0 Å². The minimum Gasteiger partial charge on any atom is -0.497 e.